The highest BCUT2D eigenvalue weighted by Crippen LogP contribution is 2.22. The van der Waals surface area contributed by atoms with E-state index in [4.69, 9.17) is 0 Å². The molecule has 1 aliphatic heterocycles. The Labute approximate surface area is 143 Å². The number of rotatable bonds is 3. The van der Waals surface area contributed by atoms with Crippen molar-refractivity contribution in [1.29, 1.82) is 0 Å². The van der Waals surface area contributed by atoms with E-state index < -0.39 is 9.84 Å². The monoisotopic (exact) mass is 343 g/mol. The standard InChI is InChI=1S/C19H21NO3S/c1-24(22,23)18-11-13-20(14-12-18)19(21)17-9-7-16(8-10-17)15-5-3-2-4-6-15/h2-10,18H,11-14H2,1H3. The second kappa shape index (κ2) is 6.77. The maximum Gasteiger partial charge on any atom is 0.253 e. The van der Waals surface area contributed by atoms with E-state index in [1.165, 1.54) is 6.26 Å². The molecule has 0 saturated carbocycles. The summed E-state index contributed by atoms with van der Waals surface area (Å²) in [7, 11) is -3.01. The summed E-state index contributed by atoms with van der Waals surface area (Å²) in [6, 6.07) is 17.6. The van der Waals surface area contributed by atoms with Crippen molar-refractivity contribution in [1.82, 2.24) is 4.90 Å². The third-order valence-corrected chi connectivity index (χ3v) is 6.26. The van der Waals surface area contributed by atoms with Gasteiger partial charge in [-0.05, 0) is 36.1 Å². The number of benzene rings is 2. The number of sulfone groups is 1. The average Bonchev–Trinajstić information content (AvgIpc) is 2.61. The van der Waals surface area contributed by atoms with Crippen LogP contribution in [0.4, 0.5) is 0 Å². The Balaban J connectivity index is 1.68. The summed E-state index contributed by atoms with van der Waals surface area (Å²) in [5.41, 5.74) is 2.83. The van der Waals surface area contributed by atoms with Gasteiger partial charge >= 0.3 is 0 Å². The molecular weight excluding hydrogens is 322 g/mol. The lowest BCUT2D eigenvalue weighted by Gasteiger charge is -2.31. The van der Waals surface area contributed by atoms with E-state index in [0.717, 1.165) is 11.1 Å². The lowest BCUT2D eigenvalue weighted by molar-refractivity contribution is 0.0726. The normalized spacial score (nSPS) is 16.1. The van der Waals surface area contributed by atoms with E-state index in [2.05, 4.69) is 0 Å². The number of amides is 1. The molecule has 4 nitrogen and oxygen atoms in total. The molecule has 2 aromatic carbocycles. The molecule has 0 N–H and O–H groups in total. The zero-order chi connectivity index (χ0) is 17.2. The molecule has 1 aliphatic rings. The van der Waals surface area contributed by atoms with Crippen molar-refractivity contribution < 1.29 is 13.2 Å². The molecule has 2 aromatic rings. The molecular formula is C19H21NO3S. The van der Waals surface area contributed by atoms with Crippen LogP contribution in [0, 0.1) is 0 Å². The fourth-order valence-corrected chi connectivity index (χ4v) is 4.17. The average molecular weight is 343 g/mol. The number of nitrogens with zero attached hydrogens (tertiary/aromatic N) is 1. The summed E-state index contributed by atoms with van der Waals surface area (Å²) in [6.45, 7) is 0.994. The fraction of sp³-hybridized carbons (Fsp3) is 0.316. The van der Waals surface area contributed by atoms with Gasteiger partial charge in [-0.3, -0.25) is 4.79 Å². The number of hydrogen-bond donors (Lipinski definition) is 0. The lowest BCUT2D eigenvalue weighted by atomic mass is 10.0. The van der Waals surface area contributed by atoms with E-state index in [1.54, 1.807) is 4.90 Å². The first-order valence-corrected chi connectivity index (χ1v) is 10.0. The van der Waals surface area contributed by atoms with Crippen LogP contribution in [-0.2, 0) is 9.84 Å². The maximum absolute atomic E-state index is 12.6. The van der Waals surface area contributed by atoms with Crippen LogP contribution in [0.15, 0.2) is 54.6 Å². The molecule has 5 heteroatoms. The second-order valence-electron chi connectivity index (χ2n) is 6.26. The molecule has 3 rings (SSSR count). The topological polar surface area (TPSA) is 54.5 Å². The summed E-state index contributed by atoms with van der Waals surface area (Å²) in [5, 5.41) is -0.318. The first-order valence-electron chi connectivity index (χ1n) is 8.09. The molecule has 0 aliphatic carbocycles. The van der Waals surface area contributed by atoms with Gasteiger partial charge in [0.05, 0.1) is 5.25 Å². The van der Waals surface area contributed by atoms with E-state index in [0.29, 0.717) is 31.5 Å². The summed E-state index contributed by atoms with van der Waals surface area (Å²) in [5.74, 6) is -0.0263. The van der Waals surface area contributed by atoms with E-state index in [-0.39, 0.29) is 11.2 Å². The van der Waals surface area contributed by atoms with Crippen LogP contribution in [0.2, 0.25) is 0 Å². The minimum Gasteiger partial charge on any atom is -0.339 e. The fourth-order valence-electron chi connectivity index (χ4n) is 3.11. The molecule has 126 valence electrons. The Morgan fingerprint density at radius 3 is 2.00 bits per heavy atom. The Morgan fingerprint density at radius 2 is 1.46 bits per heavy atom. The number of likely N-dealkylation sites (tertiary alicyclic amines) is 1. The molecule has 1 heterocycles. The molecule has 1 fully saturated rings. The van der Waals surface area contributed by atoms with Crippen molar-refractivity contribution in [2.24, 2.45) is 0 Å². The Bertz CT molecular complexity index is 805. The molecule has 0 radical (unpaired) electrons. The largest absolute Gasteiger partial charge is 0.339 e. The molecule has 0 atom stereocenters. The van der Waals surface area contributed by atoms with Crippen LogP contribution in [-0.4, -0.2) is 43.8 Å². The summed E-state index contributed by atoms with van der Waals surface area (Å²) >= 11 is 0. The van der Waals surface area contributed by atoms with Gasteiger partial charge in [-0.25, -0.2) is 8.42 Å². The van der Waals surface area contributed by atoms with Crippen LogP contribution in [0.5, 0.6) is 0 Å². The van der Waals surface area contributed by atoms with Gasteiger partial charge in [0, 0.05) is 24.9 Å². The second-order valence-corrected chi connectivity index (χ2v) is 8.59. The number of piperidine rings is 1. The molecule has 0 unspecified atom stereocenters. The highest BCUT2D eigenvalue weighted by molar-refractivity contribution is 7.91. The van der Waals surface area contributed by atoms with Gasteiger partial charge in [0.1, 0.15) is 9.84 Å². The van der Waals surface area contributed by atoms with Crippen LogP contribution < -0.4 is 0 Å². The summed E-state index contributed by atoms with van der Waals surface area (Å²) in [4.78, 5) is 14.3. The van der Waals surface area contributed by atoms with Crippen molar-refractivity contribution in [3.05, 3.63) is 60.2 Å². The van der Waals surface area contributed by atoms with Crippen molar-refractivity contribution in [2.75, 3.05) is 19.3 Å². The van der Waals surface area contributed by atoms with Gasteiger partial charge in [0.15, 0.2) is 0 Å². The molecule has 0 spiro atoms. The zero-order valence-electron chi connectivity index (χ0n) is 13.7. The molecule has 0 aromatic heterocycles. The van der Waals surface area contributed by atoms with Crippen molar-refractivity contribution >= 4 is 15.7 Å². The van der Waals surface area contributed by atoms with Crippen LogP contribution >= 0.6 is 0 Å². The highest BCUT2D eigenvalue weighted by atomic mass is 32.2. The predicted molar refractivity (Wildman–Crippen MR) is 95.6 cm³/mol. The van der Waals surface area contributed by atoms with Gasteiger partial charge in [-0.2, -0.15) is 0 Å². The quantitative estimate of drug-likeness (QED) is 0.861. The van der Waals surface area contributed by atoms with Crippen LogP contribution in [0.3, 0.4) is 0 Å². The number of carbonyl (C=O) groups is 1. The first kappa shape index (κ1) is 16.7. The summed E-state index contributed by atoms with van der Waals surface area (Å²) in [6.07, 6.45) is 2.32. The van der Waals surface area contributed by atoms with Crippen molar-refractivity contribution in [3.8, 4) is 11.1 Å². The van der Waals surface area contributed by atoms with Gasteiger partial charge in [-0.1, -0.05) is 42.5 Å². The van der Waals surface area contributed by atoms with E-state index in [1.807, 2.05) is 54.6 Å². The Morgan fingerprint density at radius 1 is 0.917 bits per heavy atom. The molecule has 1 amide bonds. The first-order chi connectivity index (χ1) is 11.4. The Hall–Kier alpha value is -2.14. The van der Waals surface area contributed by atoms with Crippen LogP contribution in [0.1, 0.15) is 23.2 Å². The minimum atomic E-state index is -3.01. The van der Waals surface area contributed by atoms with Crippen LogP contribution in [0.25, 0.3) is 11.1 Å². The maximum atomic E-state index is 12.6. The van der Waals surface area contributed by atoms with Gasteiger partial charge in [-0.15, -0.1) is 0 Å². The highest BCUT2D eigenvalue weighted by Gasteiger charge is 2.29. The van der Waals surface area contributed by atoms with Gasteiger partial charge in [0.2, 0.25) is 0 Å². The van der Waals surface area contributed by atoms with Gasteiger partial charge < -0.3 is 4.90 Å². The van der Waals surface area contributed by atoms with E-state index >= 15 is 0 Å². The van der Waals surface area contributed by atoms with Crippen molar-refractivity contribution in [3.63, 3.8) is 0 Å². The van der Waals surface area contributed by atoms with Gasteiger partial charge in [0.25, 0.3) is 5.91 Å². The number of hydrogen-bond acceptors (Lipinski definition) is 3. The van der Waals surface area contributed by atoms with E-state index in [9.17, 15) is 13.2 Å². The third kappa shape index (κ3) is 3.67. The smallest absolute Gasteiger partial charge is 0.253 e. The molecule has 1 saturated heterocycles. The minimum absolute atomic E-state index is 0.0263. The SMILES string of the molecule is CS(=O)(=O)C1CCN(C(=O)c2ccc(-c3ccccc3)cc2)CC1. The third-order valence-electron chi connectivity index (χ3n) is 4.57. The zero-order valence-corrected chi connectivity index (χ0v) is 14.5. The Kier molecular flexibility index (Phi) is 4.71. The summed E-state index contributed by atoms with van der Waals surface area (Å²) < 4.78 is 23.2. The predicted octanol–water partition coefficient (Wildman–Crippen LogP) is 3.00. The lowest BCUT2D eigenvalue weighted by Crippen LogP contribution is -2.42. The van der Waals surface area contributed by atoms with Crippen molar-refractivity contribution in [2.45, 2.75) is 18.1 Å². The number of carbonyl (C=O) groups excluding carboxylic acids is 1. The molecule has 24 heavy (non-hydrogen) atoms. The molecule has 0 bridgehead atoms.